The zero-order valence-corrected chi connectivity index (χ0v) is 13.4. The number of anilines is 1. The Morgan fingerprint density at radius 2 is 2.14 bits per heavy atom. The Labute approximate surface area is 130 Å². The van der Waals surface area contributed by atoms with E-state index in [0.717, 1.165) is 50.2 Å². The average Bonchev–Trinajstić information content (AvgIpc) is 3.30. The van der Waals surface area contributed by atoms with Crippen LogP contribution in [0.1, 0.15) is 25.7 Å². The van der Waals surface area contributed by atoms with Crippen molar-refractivity contribution in [3.05, 3.63) is 22.6 Å². The first kappa shape index (κ1) is 14.9. The van der Waals surface area contributed by atoms with Gasteiger partial charge in [0.1, 0.15) is 0 Å². The van der Waals surface area contributed by atoms with Crippen molar-refractivity contribution in [2.75, 3.05) is 30.9 Å². The molecule has 0 atom stereocenters. The Kier molecular flexibility index (Phi) is 4.26. The summed E-state index contributed by atoms with van der Waals surface area (Å²) in [6, 6.07) is 1.72. The normalized spacial score (nSPS) is 21.5. The highest BCUT2D eigenvalue weighted by Crippen LogP contribution is 2.47. The minimum absolute atomic E-state index is 0.00516. The van der Waals surface area contributed by atoms with Crippen LogP contribution in [0.5, 0.6) is 0 Å². The van der Waals surface area contributed by atoms with Gasteiger partial charge >= 0.3 is 0 Å². The zero-order valence-electron chi connectivity index (χ0n) is 12.5. The van der Waals surface area contributed by atoms with Gasteiger partial charge in [-0.3, -0.25) is 4.79 Å². The lowest BCUT2D eigenvalue weighted by molar-refractivity contribution is 0.0819. The van der Waals surface area contributed by atoms with E-state index >= 15 is 0 Å². The number of piperidine rings is 1. The predicted octanol–water partition coefficient (Wildman–Crippen LogP) is 1.57. The summed E-state index contributed by atoms with van der Waals surface area (Å²) in [5.74, 6) is 0.827. The molecule has 116 valence electrons. The summed E-state index contributed by atoms with van der Waals surface area (Å²) in [6.45, 7) is 2.54. The van der Waals surface area contributed by atoms with Crippen molar-refractivity contribution >= 4 is 18.3 Å². The molecular formula is C15H23N3O2S. The molecule has 1 aromatic heterocycles. The SMILES string of the molecule is COC1CCN(c2cnn(CC3(CS)CC3)c(=O)c2)CC1. The molecule has 0 amide bonds. The molecule has 3 rings (SSSR count). The van der Waals surface area contributed by atoms with Crippen LogP contribution >= 0.6 is 12.6 Å². The topological polar surface area (TPSA) is 47.4 Å². The molecule has 0 aromatic carbocycles. The van der Waals surface area contributed by atoms with Crippen LogP contribution in [0.4, 0.5) is 5.69 Å². The van der Waals surface area contributed by atoms with Gasteiger partial charge in [0.05, 0.1) is 24.5 Å². The highest BCUT2D eigenvalue weighted by atomic mass is 32.1. The maximum absolute atomic E-state index is 12.2. The Morgan fingerprint density at radius 1 is 1.43 bits per heavy atom. The molecule has 1 aliphatic heterocycles. The minimum atomic E-state index is -0.00516. The van der Waals surface area contributed by atoms with E-state index in [4.69, 9.17) is 4.74 Å². The molecule has 0 unspecified atom stereocenters. The van der Waals surface area contributed by atoms with E-state index < -0.39 is 0 Å². The van der Waals surface area contributed by atoms with Gasteiger partial charge in [0.25, 0.3) is 5.56 Å². The van der Waals surface area contributed by atoms with Crippen LogP contribution in [0.2, 0.25) is 0 Å². The minimum Gasteiger partial charge on any atom is -0.381 e. The number of hydrogen-bond acceptors (Lipinski definition) is 5. The lowest BCUT2D eigenvalue weighted by Crippen LogP contribution is -2.38. The first-order chi connectivity index (χ1) is 10.2. The summed E-state index contributed by atoms with van der Waals surface area (Å²) >= 11 is 4.39. The monoisotopic (exact) mass is 309 g/mol. The fourth-order valence-electron chi connectivity index (χ4n) is 2.93. The number of methoxy groups -OCH3 is 1. The Hall–Kier alpha value is -1.01. The van der Waals surface area contributed by atoms with Crippen molar-refractivity contribution < 1.29 is 4.74 Å². The number of ether oxygens (including phenoxy) is 1. The quantitative estimate of drug-likeness (QED) is 0.839. The van der Waals surface area contributed by atoms with Gasteiger partial charge in [-0.2, -0.15) is 17.7 Å². The maximum Gasteiger partial charge on any atom is 0.268 e. The highest BCUT2D eigenvalue weighted by Gasteiger charge is 2.42. The van der Waals surface area contributed by atoms with Crippen molar-refractivity contribution in [2.45, 2.75) is 38.3 Å². The molecule has 0 N–H and O–H groups in total. The van der Waals surface area contributed by atoms with Crippen molar-refractivity contribution in [2.24, 2.45) is 5.41 Å². The van der Waals surface area contributed by atoms with Crippen molar-refractivity contribution in [3.8, 4) is 0 Å². The lowest BCUT2D eigenvalue weighted by Gasteiger charge is -2.32. The third-order valence-corrected chi connectivity index (χ3v) is 5.44. The van der Waals surface area contributed by atoms with E-state index in [1.807, 2.05) is 6.20 Å². The molecule has 2 fully saturated rings. The largest absolute Gasteiger partial charge is 0.381 e. The highest BCUT2D eigenvalue weighted by molar-refractivity contribution is 7.80. The number of aromatic nitrogens is 2. The molecule has 0 spiro atoms. The molecule has 1 saturated carbocycles. The van der Waals surface area contributed by atoms with E-state index in [0.29, 0.717) is 12.6 Å². The molecule has 1 aromatic rings. The Bertz CT molecular complexity index is 548. The molecular weight excluding hydrogens is 286 g/mol. The van der Waals surface area contributed by atoms with E-state index in [9.17, 15) is 4.79 Å². The summed E-state index contributed by atoms with van der Waals surface area (Å²) < 4.78 is 6.97. The van der Waals surface area contributed by atoms with Gasteiger partial charge in [-0.1, -0.05) is 0 Å². The van der Waals surface area contributed by atoms with Crippen LogP contribution in [-0.2, 0) is 11.3 Å². The Morgan fingerprint density at radius 3 is 2.67 bits per heavy atom. The lowest BCUT2D eigenvalue weighted by atomic mass is 10.1. The second kappa shape index (κ2) is 6.01. The van der Waals surface area contributed by atoms with E-state index in [1.54, 1.807) is 17.9 Å². The summed E-state index contributed by atoms with van der Waals surface area (Å²) in [5, 5.41) is 4.36. The van der Waals surface area contributed by atoms with Gasteiger partial charge < -0.3 is 9.64 Å². The molecule has 21 heavy (non-hydrogen) atoms. The summed E-state index contributed by atoms with van der Waals surface area (Å²) in [7, 11) is 1.76. The molecule has 5 nitrogen and oxygen atoms in total. The molecule has 1 aliphatic carbocycles. The second-order valence-corrected chi connectivity index (χ2v) is 6.61. The third kappa shape index (κ3) is 3.26. The Balaban J connectivity index is 1.68. The van der Waals surface area contributed by atoms with Crippen LogP contribution in [0.3, 0.4) is 0 Å². The predicted molar refractivity (Wildman–Crippen MR) is 86.3 cm³/mol. The van der Waals surface area contributed by atoms with Gasteiger partial charge in [-0.05, 0) is 36.9 Å². The number of hydrogen-bond donors (Lipinski definition) is 1. The van der Waals surface area contributed by atoms with Gasteiger partial charge in [0, 0.05) is 26.3 Å². The molecule has 6 heteroatoms. The van der Waals surface area contributed by atoms with Crippen molar-refractivity contribution in [3.63, 3.8) is 0 Å². The summed E-state index contributed by atoms with van der Waals surface area (Å²) in [6.07, 6.45) is 6.47. The van der Waals surface area contributed by atoms with E-state index in [1.165, 1.54) is 0 Å². The summed E-state index contributed by atoms with van der Waals surface area (Å²) in [5.41, 5.74) is 1.13. The standard InChI is InChI=1S/C15H23N3O2S/c1-20-13-2-6-17(7-3-13)12-8-14(19)18(16-9-12)10-15(11-21)4-5-15/h8-9,13,21H,2-7,10-11H2,1H3. The average molecular weight is 309 g/mol. The van der Waals surface area contributed by atoms with Crippen molar-refractivity contribution in [1.82, 2.24) is 9.78 Å². The van der Waals surface area contributed by atoms with Crippen LogP contribution in [-0.4, -0.2) is 41.8 Å². The number of nitrogens with zero attached hydrogens (tertiary/aromatic N) is 3. The van der Waals surface area contributed by atoms with Crippen LogP contribution < -0.4 is 10.5 Å². The second-order valence-electron chi connectivity index (χ2n) is 6.29. The smallest absolute Gasteiger partial charge is 0.268 e. The van der Waals surface area contributed by atoms with Crippen LogP contribution in [0.15, 0.2) is 17.1 Å². The molecule has 2 aliphatic rings. The third-order valence-electron chi connectivity index (χ3n) is 4.77. The molecule has 0 radical (unpaired) electrons. The van der Waals surface area contributed by atoms with Gasteiger partial charge in [-0.25, -0.2) is 4.68 Å². The van der Waals surface area contributed by atoms with Gasteiger partial charge in [0.2, 0.25) is 0 Å². The first-order valence-electron chi connectivity index (χ1n) is 7.62. The number of rotatable bonds is 5. The fourth-order valence-corrected chi connectivity index (χ4v) is 3.34. The van der Waals surface area contributed by atoms with E-state index in [-0.39, 0.29) is 11.0 Å². The zero-order chi connectivity index (χ0) is 14.9. The van der Waals surface area contributed by atoms with Crippen LogP contribution in [0.25, 0.3) is 0 Å². The molecule has 0 bridgehead atoms. The first-order valence-corrected chi connectivity index (χ1v) is 8.25. The summed E-state index contributed by atoms with van der Waals surface area (Å²) in [4.78, 5) is 14.5. The van der Waals surface area contributed by atoms with Crippen LogP contribution in [0, 0.1) is 5.41 Å². The number of thiol groups is 1. The fraction of sp³-hybridized carbons (Fsp3) is 0.733. The maximum atomic E-state index is 12.2. The molecule has 1 saturated heterocycles. The van der Waals surface area contributed by atoms with Gasteiger partial charge in [0.15, 0.2) is 0 Å². The van der Waals surface area contributed by atoms with Gasteiger partial charge in [-0.15, -0.1) is 0 Å². The molecule has 2 heterocycles. The van der Waals surface area contributed by atoms with E-state index in [2.05, 4.69) is 22.6 Å². The van der Waals surface area contributed by atoms with Crippen molar-refractivity contribution in [1.29, 1.82) is 0 Å².